The molecule has 0 aliphatic heterocycles. The standard InChI is InChI=1S/C30H37FN8O7/c31-21-18-23(21)36-29(41)25-20-34-28-24(32-7-10-43-12-14-45-16-17-46-15-13-44-11-9-40)19-26(37-39(25)28)35-22-4-3-8-38(30(22)42)27-5-1-2-6-33-27/h1-6,8,19-21,23,32,40H,7,9-18H2,(H,35,37)(H,36,41)/t21-,23+/m0/s1. The van der Waals surface area contributed by atoms with Gasteiger partial charge in [-0.2, -0.15) is 0 Å². The molecule has 4 N–H and O–H groups in total. The third kappa shape index (κ3) is 9.04. The minimum Gasteiger partial charge on any atom is -0.394 e. The summed E-state index contributed by atoms with van der Waals surface area (Å²) in [6.07, 6.45) is 3.79. The Bertz CT molecular complexity index is 1620. The minimum atomic E-state index is -1.06. The number of fused-ring (bicyclic) bond motifs is 1. The third-order valence-corrected chi connectivity index (χ3v) is 6.75. The predicted octanol–water partition coefficient (Wildman–Crippen LogP) is 1.33. The van der Waals surface area contributed by atoms with Gasteiger partial charge in [0.25, 0.3) is 11.5 Å². The maximum Gasteiger partial charge on any atom is 0.279 e. The maximum absolute atomic E-state index is 13.5. The van der Waals surface area contributed by atoms with Gasteiger partial charge in [-0.25, -0.2) is 18.9 Å². The molecule has 0 spiro atoms. The highest BCUT2D eigenvalue weighted by atomic mass is 19.1. The zero-order valence-corrected chi connectivity index (χ0v) is 25.1. The summed E-state index contributed by atoms with van der Waals surface area (Å²) < 4.78 is 37.9. The number of rotatable bonds is 20. The average Bonchev–Trinajstić information content (AvgIpc) is 3.58. The smallest absolute Gasteiger partial charge is 0.279 e. The Labute approximate surface area is 263 Å². The molecule has 0 radical (unpaired) electrons. The number of pyridine rings is 2. The molecule has 4 heterocycles. The first kappa shape index (κ1) is 32.9. The number of imidazole rings is 1. The van der Waals surface area contributed by atoms with Crippen molar-refractivity contribution in [3.8, 4) is 5.82 Å². The Kier molecular flexibility index (Phi) is 12.0. The number of halogens is 1. The number of aliphatic hydroxyl groups excluding tert-OH is 1. The normalized spacial score (nSPS) is 15.6. The summed E-state index contributed by atoms with van der Waals surface area (Å²) in [5.41, 5.74) is 0.909. The second kappa shape index (κ2) is 16.7. The molecule has 1 aliphatic rings. The second-order valence-electron chi connectivity index (χ2n) is 10.2. The van der Waals surface area contributed by atoms with Gasteiger partial charge in [-0.15, -0.1) is 5.10 Å². The quantitative estimate of drug-likeness (QED) is 0.102. The summed E-state index contributed by atoms with van der Waals surface area (Å²) >= 11 is 0. The fourth-order valence-electron chi connectivity index (χ4n) is 4.36. The van der Waals surface area contributed by atoms with Crippen LogP contribution in [0.5, 0.6) is 0 Å². The van der Waals surface area contributed by atoms with Crippen LogP contribution in [0.3, 0.4) is 0 Å². The number of carbonyl (C=O) groups is 1. The van der Waals surface area contributed by atoms with E-state index in [1.165, 1.54) is 15.3 Å². The van der Waals surface area contributed by atoms with Crippen LogP contribution < -0.4 is 21.5 Å². The fraction of sp³-hybridized carbons (Fsp3) is 0.433. The van der Waals surface area contributed by atoms with Crippen molar-refractivity contribution in [2.45, 2.75) is 18.6 Å². The molecule has 0 unspecified atom stereocenters. The lowest BCUT2D eigenvalue weighted by Gasteiger charge is -2.13. The van der Waals surface area contributed by atoms with Crippen LogP contribution in [0, 0.1) is 0 Å². The van der Waals surface area contributed by atoms with Crippen molar-refractivity contribution in [3.05, 3.63) is 71.0 Å². The topological polar surface area (TPSA) is 175 Å². The largest absolute Gasteiger partial charge is 0.394 e. The van der Waals surface area contributed by atoms with E-state index < -0.39 is 18.1 Å². The number of nitrogens with zero attached hydrogens (tertiary/aromatic N) is 5. The molecule has 46 heavy (non-hydrogen) atoms. The molecule has 1 amide bonds. The first-order chi connectivity index (χ1) is 22.5. The van der Waals surface area contributed by atoms with Gasteiger partial charge in [0.15, 0.2) is 17.2 Å². The molecule has 4 aromatic heterocycles. The van der Waals surface area contributed by atoms with Crippen molar-refractivity contribution in [2.24, 2.45) is 0 Å². The van der Waals surface area contributed by atoms with Crippen LogP contribution in [0.1, 0.15) is 16.9 Å². The molecule has 15 nitrogen and oxygen atoms in total. The van der Waals surface area contributed by atoms with Crippen LogP contribution in [0.15, 0.2) is 59.8 Å². The first-order valence-electron chi connectivity index (χ1n) is 14.9. The first-order valence-corrected chi connectivity index (χ1v) is 14.9. The number of aliphatic hydroxyl groups is 1. The van der Waals surface area contributed by atoms with Crippen molar-refractivity contribution in [2.75, 3.05) is 76.6 Å². The van der Waals surface area contributed by atoms with Gasteiger partial charge >= 0.3 is 0 Å². The van der Waals surface area contributed by atoms with Gasteiger partial charge in [-0.1, -0.05) is 6.07 Å². The van der Waals surface area contributed by atoms with E-state index >= 15 is 0 Å². The van der Waals surface area contributed by atoms with Crippen molar-refractivity contribution < 1.29 is 33.2 Å². The van der Waals surface area contributed by atoms with Gasteiger partial charge in [0.2, 0.25) is 0 Å². The molecule has 0 aromatic carbocycles. The molecule has 5 rings (SSSR count). The van der Waals surface area contributed by atoms with Crippen LogP contribution in [-0.2, 0) is 18.9 Å². The highest BCUT2D eigenvalue weighted by molar-refractivity contribution is 5.94. The van der Waals surface area contributed by atoms with E-state index in [0.29, 0.717) is 76.6 Å². The highest BCUT2D eigenvalue weighted by Gasteiger charge is 2.39. The second-order valence-corrected chi connectivity index (χ2v) is 10.2. The number of hydrogen-bond acceptors (Lipinski definition) is 12. The summed E-state index contributed by atoms with van der Waals surface area (Å²) in [5.74, 6) is 0.222. The SMILES string of the molecule is O=C(N[C@@H]1C[C@@H]1F)c1cnc2c(NCCOCCOCCOCCOCCO)cc(Nc3cccn(-c4ccccn4)c3=O)nn12. The van der Waals surface area contributed by atoms with Gasteiger partial charge in [0.05, 0.1) is 77.4 Å². The van der Waals surface area contributed by atoms with Crippen LogP contribution in [0.4, 0.5) is 21.6 Å². The number of hydrogen-bond donors (Lipinski definition) is 4. The Morgan fingerprint density at radius 2 is 1.67 bits per heavy atom. The van der Waals surface area contributed by atoms with Gasteiger partial charge in [-0.05, 0) is 24.3 Å². The van der Waals surface area contributed by atoms with Crippen LogP contribution in [0.2, 0.25) is 0 Å². The average molecular weight is 641 g/mol. The monoisotopic (exact) mass is 640 g/mol. The van der Waals surface area contributed by atoms with Gasteiger partial charge < -0.3 is 40.0 Å². The predicted molar refractivity (Wildman–Crippen MR) is 166 cm³/mol. The molecule has 1 fully saturated rings. The molecule has 2 atom stereocenters. The number of ether oxygens (including phenoxy) is 4. The van der Waals surface area contributed by atoms with Gasteiger partial charge in [0.1, 0.15) is 17.7 Å². The Hall–Kier alpha value is -4.48. The van der Waals surface area contributed by atoms with E-state index in [9.17, 15) is 14.0 Å². The fourth-order valence-corrected chi connectivity index (χ4v) is 4.36. The van der Waals surface area contributed by atoms with Crippen LogP contribution in [-0.4, -0.2) is 113 Å². The van der Waals surface area contributed by atoms with Crippen molar-refractivity contribution in [1.29, 1.82) is 0 Å². The summed E-state index contributed by atoms with van der Waals surface area (Å²) in [7, 11) is 0. The van der Waals surface area contributed by atoms with E-state index in [4.69, 9.17) is 24.1 Å². The molecular formula is C30H37FN8O7. The number of nitrogens with one attached hydrogen (secondary N) is 3. The van der Waals surface area contributed by atoms with Gasteiger partial charge in [-0.3, -0.25) is 14.2 Å². The zero-order valence-electron chi connectivity index (χ0n) is 25.1. The molecule has 16 heteroatoms. The highest BCUT2D eigenvalue weighted by Crippen LogP contribution is 2.26. The number of anilines is 3. The lowest BCUT2D eigenvalue weighted by Crippen LogP contribution is -2.28. The molecule has 1 aliphatic carbocycles. The molecule has 0 saturated heterocycles. The Morgan fingerprint density at radius 3 is 2.35 bits per heavy atom. The maximum atomic E-state index is 13.5. The Morgan fingerprint density at radius 1 is 0.957 bits per heavy atom. The van der Waals surface area contributed by atoms with E-state index in [-0.39, 0.29) is 35.8 Å². The number of alkyl halides is 1. The minimum absolute atomic E-state index is 0.0124. The summed E-state index contributed by atoms with van der Waals surface area (Å²) in [5, 5.41) is 22.1. The summed E-state index contributed by atoms with van der Waals surface area (Å²) in [6.45, 7) is 3.49. The molecule has 1 saturated carbocycles. The lowest BCUT2D eigenvalue weighted by atomic mass is 10.3. The van der Waals surface area contributed by atoms with Crippen molar-refractivity contribution >= 4 is 28.7 Å². The van der Waals surface area contributed by atoms with Crippen LogP contribution >= 0.6 is 0 Å². The molecule has 0 bridgehead atoms. The number of carbonyl (C=O) groups excluding carboxylic acids is 1. The van der Waals surface area contributed by atoms with Gasteiger partial charge in [0, 0.05) is 31.4 Å². The number of amides is 1. The molecule has 4 aromatic rings. The van der Waals surface area contributed by atoms with Crippen molar-refractivity contribution in [1.82, 2.24) is 29.5 Å². The zero-order chi connectivity index (χ0) is 32.1. The van der Waals surface area contributed by atoms with E-state index in [2.05, 4.69) is 31.0 Å². The molecule has 246 valence electrons. The van der Waals surface area contributed by atoms with E-state index in [0.717, 1.165) is 0 Å². The number of aromatic nitrogens is 5. The molecular weight excluding hydrogens is 603 g/mol. The summed E-state index contributed by atoms with van der Waals surface area (Å²) in [4.78, 5) is 34.8. The third-order valence-electron chi connectivity index (χ3n) is 6.75. The van der Waals surface area contributed by atoms with Crippen molar-refractivity contribution in [3.63, 3.8) is 0 Å². The van der Waals surface area contributed by atoms with E-state index in [1.54, 1.807) is 48.8 Å². The van der Waals surface area contributed by atoms with E-state index in [1.807, 2.05) is 0 Å². The lowest BCUT2D eigenvalue weighted by molar-refractivity contribution is -0.00463. The van der Waals surface area contributed by atoms with Crippen LogP contribution in [0.25, 0.3) is 11.5 Å². The summed E-state index contributed by atoms with van der Waals surface area (Å²) in [6, 6.07) is 9.74. The Balaban J connectivity index is 1.20.